The van der Waals surface area contributed by atoms with Gasteiger partial charge in [0.05, 0.1) is 7.11 Å². The molecule has 0 saturated heterocycles. The standard InChI is InChI=1S/C21H26O4/c1-12(22)25-20-7-6-18-16-11-19(23)17-10-13(24-3)4-5-14(17)15(16)8-9-21(18,20)2/h4-5,10,15-16,18,20H,6-9,11H2,1-3H3. The van der Waals surface area contributed by atoms with Crippen molar-refractivity contribution in [2.45, 2.75) is 58.0 Å². The van der Waals surface area contributed by atoms with Gasteiger partial charge in [-0.2, -0.15) is 0 Å². The molecule has 4 nitrogen and oxygen atoms in total. The van der Waals surface area contributed by atoms with Crippen LogP contribution in [0.15, 0.2) is 18.2 Å². The molecule has 5 unspecified atom stereocenters. The van der Waals surface area contributed by atoms with Gasteiger partial charge in [-0.3, -0.25) is 9.59 Å². The summed E-state index contributed by atoms with van der Waals surface area (Å²) in [6, 6.07) is 5.96. The Morgan fingerprint density at radius 3 is 2.76 bits per heavy atom. The molecule has 0 spiro atoms. The van der Waals surface area contributed by atoms with Gasteiger partial charge in [0.25, 0.3) is 0 Å². The Bertz CT molecular complexity index is 725. The van der Waals surface area contributed by atoms with Crippen molar-refractivity contribution in [2.24, 2.45) is 17.3 Å². The van der Waals surface area contributed by atoms with Crippen LogP contribution in [0.1, 0.15) is 67.8 Å². The lowest BCUT2D eigenvalue weighted by molar-refractivity contribution is -0.154. The van der Waals surface area contributed by atoms with Crippen LogP contribution in [0.4, 0.5) is 0 Å². The normalized spacial score (nSPS) is 36.2. The van der Waals surface area contributed by atoms with E-state index in [0.717, 1.165) is 37.0 Å². The number of esters is 1. The predicted octanol–water partition coefficient (Wildman–Crippen LogP) is 4.12. The Morgan fingerprint density at radius 2 is 2.04 bits per heavy atom. The van der Waals surface area contributed by atoms with Gasteiger partial charge in [0.15, 0.2) is 5.78 Å². The lowest BCUT2D eigenvalue weighted by atomic mass is 9.55. The molecule has 0 aromatic heterocycles. The van der Waals surface area contributed by atoms with Crippen molar-refractivity contribution < 1.29 is 19.1 Å². The molecule has 0 radical (unpaired) electrons. The van der Waals surface area contributed by atoms with E-state index in [1.807, 2.05) is 12.1 Å². The molecule has 134 valence electrons. The van der Waals surface area contributed by atoms with E-state index in [1.165, 1.54) is 12.5 Å². The van der Waals surface area contributed by atoms with Crippen molar-refractivity contribution in [3.63, 3.8) is 0 Å². The van der Waals surface area contributed by atoms with Gasteiger partial charge in [-0.1, -0.05) is 13.0 Å². The molecule has 0 bridgehead atoms. The number of fused-ring (bicyclic) bond motifs is 5. The number of Topliss-reactive ketones (excluding diaryl/α,β-unsaturated/α-hetero) is 1. The Morgan fingerprint density at radius 1 is 1.24 bits per heavy atom. The highest BCUT2D eigenvalue weighted by Gasteiger charge is 2.56. The second-order valence-electron chi connectivity index (χ2n) is 8.18. The maximum Gasteiger partial charge on any atom is 0.302 e. The maximum absolute atomic E-state index is 12.8. The van der Waals surface area contributed by atoms with E-state index >= 15 is 0 Å². The first-order chi connectivity index (χ1) is 11.9. The minimum absolute atomic E-state index is 0.00307. The van der Waals surface area contributed by atoms with Gasteiger partial charge in [-0.15, -0.1) is 0 Å². The van der Waals surface area contributed by atoms with Crippen LogP contribution >= 0.6 is 0 Å². The Kier molecular flexibility index (Phi) is 3.89. The van der Waals surface area contributed by atoms with Crippen molar-refractivity contribution in [3.05, 3.63) is 29.3 Å². The lowest BCUT2D eigenvalue weighted by Crippen LogP contribution is -2.45. The number of carbonyl (C=O) groups is 2. The smallest absolute Gasteiger partial charge is 0.302 e. The minimum atomic E-state index is -0.189. The third-order valence-electron chi connectivity index (χ3n) is 7.04. The van der Waals surface area contributed by atoms with Crippen molar-refractivity contribution in [3.8, 4) is 5.75 Å². The van der Waals surface area contributed by atoms with Gasteiger partial charge in [-0.25, -0.2) is 0 Å². The van der Waals surface area contributed by atoms with Gasteiger partial charge >= 0.3 is 5.97 Å². The molecule has 3 aliphatic carbocycles. The third-order valence-corrected chi connectivity index (χ3v) is 7.04. The van der Waals surface area contributed by atoms with E-state index in [-0.39, 0.29) is 23.3 Å². The molecular formula is C21H26O4. The van der Waals surface area contributed by atoms with Crippen molar-refractivity contribution in [1.29, 1.82) is 0 Å². The molecule has 2 saturated carbocycles. The van der Waals surface area contributed by atoms with E-state index < -0.39 is 0 Å². The first-order valence-corrected chi connectivity index (χ1v) is 9.32. The zero-order valence-electron chi connectivity index (χ0n) is 15.2. The largest absolute Gasteiger partial charge is 0.497 e. The highest BCUT2D eigenvalue weighted by Crippen LogP contribution is 2.61. The summed E-state index contributed by atoms with van der Waals surface area (Å²) in [6.07, 6.45) is 4.70. The van der Waals surface area contributed by atoms with E-state index in [4.69, 9.17) is 9.47 Å². The topological polar surface area (TPSA) is 52.6 Å². The van der Waals surface area contributed by atoms with Crippen LogP contribution in [0.2, 0.25) is 0 Å². The zero-order chi connectivity index (χ0) is 17.8. The molecule has 5 atom stereocenters. The van der Waals surface area contributed by atoms with E-state index in [2.05, 4.69) is 13.0 Å². The molecule has 25 heavy (non-hydrogen) atoms. The molecule has 0 aliphatic heterocycles. The van der Waals surface area contributed by atoms with Gasteiger partial charge in [-0.05, 0) is 61.1 Å². The van der Waals surface area contributed by atoms with Crippen LogP contribution in [0.5, 0.6) is 5.75 Å². The van der Waals surface area contributed by atoms with E-state index in [9.17, 15) is 9.59 Å². The number of ether oxygens (including phenoxy) is 2. The fourth-order valence-corrected chi connectivity index (χ4v) is 5.86. The zero-order valence-corrected chi connectivity index (χ0v) is 15.2. The van der Waals surface area contributed by atoms with Gasteiger partial charge in [0.2, 0.25) is 0 Å². The Balaban J connectivity index is 1.67. The SMILES string of the molecule is COc1ccc2c(c1)C(=O)CC1C2CCC2(C)C(OC(C)=O)CCC12. The minimum Gasteiger partial charge on any atom is -0.497 e. The first kappa shape index (κ1) is 16.6. The third kappa shape index (κ3) is 2.49. The second kappa shape index (κ2) is 5.86. The molecule has 1 aromatic rings. The molecule has 0 heterocycles. The molecule has 4 heteroatoms. The number of hydrogen-bond donors (Lipinski definition) is 0. The molecule has 0 N–H and O–H groups in total. The highest BCUT2D eigenvalue weighted by atomic mass is 16.5. The predicted molar refractivity (Wildman–Crippen MR) is 93.8 cm³/mol. The van der Waals surface area contributed by atoms with Crippen molar-refractivity contribution in [1.82, 2.24) is 0 Å². The van der Waals surface area contributed by atoms with Crippen molar-refractivity contribution in [2.75, 3.05) is 7.11 Å². The van der Waals surface area contributed by atoms with Gasteiger partial charge in [0.1, 0.15) is 11.9 Å². The van der Waals surface area contributed by atoms with Crippen LogP contribution in [0.3, 0.4) is 0 Å². The Labute approximate surface area is 148 Å². The summed E-state index contributed by atoms with van der Waals surface area (Å²) >= 11 is 0. The van der Waals surface area contributed by atoms with Crippen LogP contribution in [0, 0.1) is 17.3 Å². The Hall–Kier alpha value is -1.84. The van der Waals surface area contributed by atoms with Gasteiger partial charge in [0, 0.05) is 24.3 Å². The number of ketones is 1. The van der Waals surface area contributed by atoms with Crippen LogP contribution < -0.4 is 4.74 Å². The molecule has 0 amide bonds. The average Bonchev–Trinajstić information content (AvgIpc) is 2.91. The van der Waals surface area contributed by atoms with Crippen molar-refractivity contribution >= 4 is 11.8 Å². The summed E-state index contributed by atoms with van der Waals surface area (Å²) in [5.41, 5.74) is 2.05. The lowest BCUT2D eigenvalue weighted by Gasteiger charge is -2.50. The highest BCUT2D eigenvalue weighted by molar-refractivity contribution is 5.99. The summed E-state index contributed by atoms with van der Waals surface area (Å²) < 4.78 is 10.9. The van der Waals surface area contributed by atoms with Crippen LogP contribution in [-0.4, -0.2) is 25.0 Å². The van der Waals surface area contributed by atoms with Gasteiger partial charge < -0.3 is 9.47 Å². The summed E-state index contributed by atoms with van der Waals surface area (Å²) in [4.78, 5) is 24.3. The number of carbonyl (C=O) groups excluding carboxylic acids is 2. The first-order valence-electron chi connectivity index (χ1n) is 9.32. The fraction of sp³-hybridized carbons (Fsp3) is 0.619. The average molecular weight is 342 g/mol. The molecular weight excluding hydrogens is 316 g/mol. The molecule has 4 rings (SSSR count). The summed E-state index contributed by atoms with van der Waals surface area (Å²) in [5, 5.41) is 0. The quantitative estimate of drug-likeness (QED) is 0.759. The number of methoxy groups -OCH3 is 1. The molecule has 3 aliphatic rings. The molecule has 1 aromatic carbocycles. The number of benzene rings is 1. The monoisotopic (exact) mass is 342 g/mol. The molecule has 2 fully saturated rings. The summed E-state index contributed by atoms with van der Waals surface area (Å²) in [7, 11) is 1.64. The van der Waals surface area contributed by atoms with Crippen LogP contribution in [0.25, 0.3) is 0 Å². The number of hydrogen-bond acceptors (Lipinski definition) is 4. The summed E-state index contributed by atoms with van der Waals surface area (Å²) in [5.74, 6) is 2.05. The number of rotatable bonds is 2. The summed E-state index contributed by atoms with van der Waals surface area (Å²) in [6.45, 7) is 3.76. The second-order valence-corrected chi connectivity index (χ2v) is 8.18. The fourth-order valence-electron chi connectivity index (χ4n) is 5.86. The van der Waals surface area contributed by atoms with Crippen LogP contribution in [-0.2, 0) is 9.53 Å². The van der Waals surface area contributed by atoms with E-state index in [1.54, 1.807) is 7.11 Å². The maximum atomic E-state index is 12.8. The van der Waals surface area contributed by atoms with E-state index in [0.29, 0.717) is 24.2 Å².